The molecule has 6 N–H and O–H groups in total. The van der Waals surface area contributed by atoms with Crippen LogP contribution in [0.5, 0.6) is 0 Å². The van der Waals surface area contributed by atoms with Gasteiger partial charge in [-0.15, -0.1) is 0 Å². The Balaban J connectivity index is 1.36. The molecule has 202 valence electrons. The zero-order valence-corrected chi connectivity index (χ0v) is 22.2. The summed E-state index contributed by atoms with van der Waals surface area (Å²) >= 11 is 0. The van der Waals surface area contributed by atoms with E-state index in [2.05, 4.69) is 33.0 Å². The van der Waals surface area contributed by atoms with Crippen LogP contribution in [0.15, 0.2) is 30.0 Å². The van der Waals surface area contributed by atoms with Crippen LogP contribution < -0.4 is 21.7 Å². The van der Waals surface area contributed by atoms with E-state index in [9.17, 15) is 0 Å². The van der Waals surface area contributed by atoms with Crippen molar-refractivity contribution in [2.45, 2.75) is 70.0 Å². The first kappa shape index (κ1) is 26.2. The monoisotopic (exact) mass is 517 g/mol. The van der Waals surface area contributed by atoms with E-state index in [4.69, 9.17) is 31.1 Å². The molecule has 3 aliphatic rings. The Hall–Kier alpha value is -3.42. The number of anilines is 3. The lowest BCUT2D eigenvalue weighted by atomic mass is 9.97. The molecule has 3 atom stereocenters. The quantitative estimate of drug-likeness (QED) is 0.245. The molecule has 1 aromatic heterocycles. The summed E-state index contributed by atoms with van der Waals surface area (Å²) in [5.41, 5.74) is 8.19. The third kappa shape index (κ3) is 6.34. The smallest absolute Gasteiger partial charge is 0.225 e. The first-order valence-corrected chi connectivity index (χ1v) is 13.8. The third-order valence-corrected chi connectivity index (χ3v) is 7.96. The molecule has 0 spiro atoms. The van der Waals surface area contributed by atoms with Crippen LogP contribution in [0.3, 0.4) is 0 Å². The van der Waals surface area contributed by atoms with Crippen LogP contribution in [0.25, 0.3) is 10.9 Å². The number of nitriles is 1. The number of nitrogens with zero attached hydrogens (tertiary/aromatic N) is 4. The van der Waals surface area contributed by atoms with Gasteiger partial charge >= 0.3 is 0 Å². The number of allylic oxidation sites excluding steroid dienone is 1. The maximum Gasteiger partial charge on any atom is 0.225 e. The minimum atomic E-state index is 0.182. The Kier molecular flexibility index (Phi) is 8.25. The lowest BCUT2D eigenvalue weighted by Gasteiger charge is -2.38. The summed E-state index contributed by atoms with van der Waals surface area (Å²) in [4.78, 5) is 12.2. The number of ether oxygens (including phenoxy) is 1. The van der Waals surface area contributed by atoms with E-state index in [-0.39, 0.29) is 11.9 Å². The van der Waals surface area contributed by atoms with Crippen molar-refractivity contribution in [1.29, 1.82) is 10.7 Å². The van der Waals surface area contributed by atoms with E-state index in [1.54, 1.807) is 13.0 Å². The fourth-order valence-corrected chi connectivity index (χ4v) is 6.12. The van der Waals surface area contributed by atoms with E-state index >= 15 is 0 Å². The Labute approximate surface area is 224 Å². The van der Waals surface area contributed by atoms with Crippen LogP contribution in [-0.4, -0.2) is 65.1 Å². The molecular formula is C28H39N9O. The van der Waals surface area contributed by atoms with Crippen LogP contribution in [0.1, 0.15) is 51.9 Å². The normalized spacial score (nSPS) is 24.2. The van der Waals surface area contributed by atoms with Crippen molar-refractivity contribution >= 4 is 34.2 Å². The molecule has 0 aliphatic carbocycles. The highest BCUT2D eigenvalue weighted by atomic mass is 16.5. The molecule has 1 aromatic carbocycles. The maximum absolute atomic E-state index is 9.03. The zero-order chi connectivity index (χ0) is 26.5. The highest BCUT2D eigenvalue weighted by Crippen LogP contribution is 2.37. The van der Waals surface area contributed by atoms with Gasteiger partial charge in [-0.3, -0.25) is 10.3 Å². The second-order valence-corrected chi connectivity index (χ2v) is 10.8. The van der Waals surface area contributed by atoms with Gasteiger partial charge in [0.05, 0.1) is 11.6 Å². The van der Waals surface area contributed by atoms with Gasteiger partial charge in [-0.1, -0.05) is 0 Å². The number of rotatable bonds is 9. The second-order valence-electron chi connectivity index (χ2n) is 10.8. The summed E-state index contributed by atoms with van der Waals surface area (Å²) in [5.74, 6) is 1.95. The molecule has 4 heterocycles. The number of benzene rings is 1. The SMILES string of the molecule is C/C(N)=C/C(=N)Nc1nc(N[C@@H]2C[C@H]3CC[C@@H](C2)N3CCC#N)nc2cc(NCC3CCOCC3)ccc12. The molecule has 38 heavy (non-hydrogen) atoms. The number of fused-ring (bicyclic) bond motifs is 3. The molecule has 10 nitrogen and oxygen atoms in total. The number of nitrogens with two attached hydrogens (primary N) is 1. The Morgan fingerprint density at radius 2 is 1.97 bits per heavy atom. The topological polar surface area (TPSA) is 148 Å². The molecule has 0 unspecified atom stereocenters. The van der Waals surface area contributed by atoms with Crippen molar-refractivity contribution in [3.63, 3.8) is 0 Å². The first-order chi connectivity index (χ1) is 18.5. The highest BCUT2D eigenvalue weighted by Gasteiger charge is 2.40. The fourth-order valence-electron chi connectivity index (χ4n) is 6.12. The molecule has 3 saturated heterocycles. The van der Waals surface area contributed by atoms with Crippen LogP contribution in [0.4, 0.5) is 17.5 Å². The van der Waals surface area contributed by atoms with Gasteiger partial charge < -0.3 is 26.4 Å². The first-order valence-electron chi connectivity index (χ1n) is 13.8. The van der Waals surface area contributed by atoms with Crippen LogP contribution in [0, 0.1) is 22.7 Å². The summed E-state index contributed by atoms with van der Waals surface area (Å²) in [5, 5.41) is 28.5. The predicted octanol–water partition coefficient (Wildman–Crippen LogP) is 4.04. The molecular weight excluding hydrogens is 478 g/mol. The van der Waals surface area contributed by atoms with E-state index in [1.807, 2.05) is 12.1 Å². The van der Waals surface area contributed by atoms with Gasteiger partial charge in [-0.2, -0.15) is 10.2 Å². The van der Waals surface area contributed by atoms with E-state index in [0.29, 0.717) is 41.9 Å². The highest BCUT2D eigenvalue weighted by molar-refractivity contribution is 6.06. The molecule has 2 aromatic rings. The molecule has 3 fully saturated rings. The van der Waals surface area contributed by atoms with Gasteiger partial charge in [-0.05, 0) is 75.6 Å². The number of aromatic nitrogens is 2. The van der Waals surface area contributed by atoms with Crippen molar-refractivity contribution in [2.24, 2.45) is 11.7 Å². The minimum Gasteiger partial charge on any atom is -0.402 e. The standard InChI is InChI=1S/C28H39N9O/c1-18(30)13-26(31)35-27-24-6-3-20(32-17-19-7-11-38-12-8-19)16-25(24)34-28(36-27)33-21-14-22-4-5-23(15-21)37(22)10-2-9-29/h3,6,13,16,19,21-23,32H,2,4-5,7-8,10-12,14-15,17,30H2,1H3,(H3,31,33,34,35,36)/b18-13-/t21-,22-,23+. The predicted molar refractivity (Wildman–Crippen MR) is 151 cm³/mol. The lowest BCUT2D eigenvalue weighted by molar-refractivity contribution is 0.0699. The summed E-state index contributed by atoms with van der Waals surface area (Å²) in [6, 6.07) is 9.70. The average Bonchev–Trinajstić information content (AvgIpc) is 3.13. The largest absolute Gasteiger partial charge is 0.402 e. The molecule has 10 heteroatoms. The summed E-state index contributed by atoms with van der Waals surface area (Å²) in [6.45, 7) is 5.20. The van der Waals surface area contributed by atoms with Gasteiger partial charge in [-0.25, -0.2) is 4.98 Å². The van der Waals surface area contributed by atoms with Crippen molar-refractivity contribution in [2.75, 3.05) is 42.3 Å². The molecule has 0 radical (unpaired) electrons. The fraction of sp³-hybridized carbons (Fsp3) is 0.571. The number of piperidine rings is 1. The van der Waals surface area contributed by atoms with E-state index in [1.165, 1.54) is 12.8 Å². The lowest BCUT2D eigenvalue weighted by Crippen LogP contribution is -2.47. The summed E-state index contributed by atoms with van der Waals surface area (Å²) < 4.78 is 5.49. The minimum absolute atomic E-state index is 0.182. The Bertz CT molecular complexity index is 1200. The molecule has 0 amide bonds. The van der Waals surface area contributed by atoms with Crippen molar-refractivity contribution in [3.8, 4) is 6.07 Å². The van der Waals surface area contributed by atoms with Crippen molar-refractivity contribution < 1.29 is 4.74 Å². The van der Waals surface area contributed by atoms with E-state index in [0.717, 1.165) is 68.6 Å². The number of nitrogens with one attached hydrogen (secondary N) is 4. The van der Waals surface area contributed by atoms with Gasteiger partial charge in [0.25, 0.3) is 0 Å². The van der Waals surface area contributed by atoms with Crippen molar-refractivity contribution in [1.82, 2.24) is 14.9 Å². The Morgan fingerprint density at radius 3 is 2.68 bits per heavy atom. The molecule has 2 bridgehead atoms. The number of amidine groups is 1. The van der Waals surface area contributed by atoms with Gasteiger partial charge in [0.1, 0.15) is 11.7 Å². The molecule has 0 saturated carbocycles. The summed E-state index contributed by atoms with van der Waals surface area (Å²) in [7, 11) is 0. The molecule has 5 rings (SSSR count). The van der Waals surface area contributed by atoms with Crippen LogP contribution in [0.2, 0.25) is 0 Å². The van der Waals surface area contributed by atoms with Gasteiger partial charge in [0.2, 0.25) is 5.95 Å². The van der Waals surface area contributed by atoms with Gasteiger partial charge in [0, 0.05) is 67.6 Å². The summed E-state index contributed by atoms with van der Waals surface area (Å²) in [6.07, 6.45) is 8.73. The second kappa shape index (κ2) is 12.0. The molecule has 3 aliphatic heterocycles. The maximum atomic E-state index is 9.03. The van der Waals surface area contributed by atoms with Gasteiger partial charge in [0.15, 0.2) is 0 Å². The Morgan fingerprint density at radius 1 is 1.21 bits per heavy atom. The third-order valence-electron chi connectivity index (χ3n) is 7.96. The van der Waals surface area contributed by atoms with Crippen LogP contribution in [-0.2, 0) is 4.74 Å². The van der Waals surface area contributed by atoms with Crippen LogP contribution >= 0.6 is 0 Å². The number of hydrogen-bond donors (Lipinski definition) is 5. The van der Waals surface area contributed by atoms with E-state index < -0.39 is 0 Å². The average molecular weight is 518 g/mol. The van der Waals surface area contributed by atoms with Crippen molar-refractivity contribution in [3.05, 3.63) is 30.0 Å². The zero-order valence-electron chi connectivity index (χ0n) is 22.2. The number of hydrogen-bond acceptors (Lipinski definition) is 9.